The number of unbranched alkanes of at least 4 members (excludes halogenated alkanes) is 1. The molecule has 10 heteroatoms. The van der Waals surface area contributed by atoms with Crippen LogP contribution in [0.15, 0.2) is 0 Å². The first-order valence-corrected chi connectivity index (χ1v) is 7.16. The molecule has 0 spiro atoms. The van der Waals surface area contributed by atoms with Gasteiger partial charge in [0, 0.05) is 6.61 Å². The van der Waals surface area contributed by atoms with Crippen LogP contribution in [0.1, 0.15) is 19.3 Å². The second-order valence-electron chi connectivity index (χ2n) is 5.34. The van der Waals surface area contributed by atoms with Crippen LogP contribution in [0.4, 0.5) is 0 Å². The Morgan fingerprint density at radius 1 is 0.957 bits per heavy atom. The van der Waals surface area contributed by atoms with Gasteiger partial charge in [0.05, 0.1) is 6.61 Å². The molecule has 0 aromatic rings. The number of aliphatic hydroxyl groups is 4. The molecule has 0 saturated carbocycles. The highest BCUT2D eigenvalue weighted by molar-refractivity contribution is 5.92. The molecule has 134 valence electrons. The van der Waals surface area contributed by atoms with E-state index >= 15 is 0 Å². The molecule has 1 unspecified atom stereocenters. The minimum Gasteiger partial charge on any atom is -0.481 e. The van der Waals surface area contributed by atoms with E-state index in [0.717, 1.165) is 0 Å². The number of carboxylic acids is 2. The van der Waals surface area contributed by atoms with Gasteiger partial charge in [-0.15, -0.1) is 0 Å². The van der Waals surface area contributed by atoms with Crippen molar-refractivity contribution in [3.63, 3.8) is 0 Å². The zero-order chi connectivity index (χ0) is 17.6. The lowest BCUT2D eigenvalue weighted by atomic mass is 9.99. The molecule has 6 N–H and O–H groups in total. The van der Waals surface area contributed by atoms with E-state index in [4.69, 9.17) is 19.7 Å². The maximum absolute atomic E-state index is 10.7. The van der Waals surface area contributed by atoms with Gasteiger partial charge in [-0.2, -0.15) is 0 Å². The van der Waals surface area contributed by atoms with Crippen molar-refractivity contribution in [2.75, 3.05) is 13.2 Å². The fourth-order valence-electron chi connectivity index (χ4n) is 2.17. The molecular weight excluding hydrogens is 316 g/mol. The van der Waals surface area contributed by atoms with Gasteiger partial charge in [-0.25, -0.2) is 0 Å². The largest absolute Gasteiger partial charge is 0.481 e. The highest BCUT2D eigenvalue weighted by atomic mass is 16.6. The predicted octanol–water partition coefficient (Wildman–Crippen LogP) is -2.24. The lowest BCUT2D eigenvalue weighted by Crippen LogP contribution is -2.58. The topological polar surface area (TPSA) is 174 Å². The quantitative estimate of drug-likeness (QED) is 0.199. The summed E-state index contributed by atoms with van der Waals surface area (Å²) in [4.78, 5) is 21.3. The van der Waals surface area contributed by atoms with Gasteiger partial charge in [-0.1, -0.05) is 0 Å². The summed E-state index contributed by atoms with van der Waals surface area (Å²) in [7, 11) is 0. The van der Waals surface area contributed by atoms with Gasteiger partial charge in [0.1, 0.15) is 24.4 Å². The van der Waals surface area contributed by atoms with E-state index in [9.17, 15) is 30.0 Å². The van der Waals surface area contributed by atoms with Crippen molar-refractivity contribution in [2.45, 2.75) is 50.0 Å². The number of carboxylic acid groups (broad SMARTS) is 2. The molecule has 0 amide bonds. The second-order valence-corrected chi connectivity index (χ2v) is 5.34. The lowest BCUT2D eigenvalue weighted by molar-refractivity contribution is -0.288. The number of aliphatic hydroxyl groups excluding tert-OH is 4. The lowest BCUT2D eigenvalue weighted by Gasteiger charge is -2.38. The Morgan fingerprint density at radius 3 is 2.13 bits per heavy atom. The average Bonchev–Trinajstić information content (AvgIpc) is 2.48. The van der Waals surface area contributed by atoms with Crippen molar-refractivity contribution >= 4 is 11.9 Å². The summed E-state index contributed by atoms with van der Waals surface area (Å²) in [6, 6.07) is 0. The third-order valence-electron chi connectivity index (χ3n) is 3.60. The fourth-order valence-corrected chi connectivity index (χ4v) is 2.17. The maximum Gasteiger partial charge on any atom is 0.317 e. The van der Waals surface area contributed by atoms with Crippen molar-refractivity contribution in [1.82, 2.24) is 0 Å². The van der Waals surface area contributed by atoms with Crippen LogP contribution in [0, 0.1) is 5.92 Å². The smallest absolute Gasteiger partial charge is 0.317 e. The summed E-state index contributed by atoms with van der Waals surface area (Å²) < 4.78 is 10.1. The van der Waals surface area contributed by atoms with Crippen LogP contribution in [0.25, 0.3) is 0 Å². The van der Waals surface area contributed by atoms with Crippen molar-refractivity contribution < 1.29 is 49.7 Å². The Labute approximate surface area is 131 Å². The van der Waals surface area contributed by atoms with E-state index in [-0.39, 0.29) is 19.6 Å². The normalized spacial score (nSPS) is 31.3. The van der Waals surface area contributed by atoms with Gasteiger partial charge in [-0.3, -0.25) is 9.59 Å². The van der Waals surface area contributed by atoms with Gasteiger partial charge < -0.3 is 40.1 Å². The molecule has 0 radical (unpaired) electrons. The van der Waals surface area contributed by atoms with Gasteiger partial charge in [-0.05, 0) is 19.3 Å². The molecule has 23 heavy (non-hydrogen) atoms. The highest BCUT2D eigenvalue weighted by Crippen LogP contribution is 2.20. The van der Waals surface area contributed by atoms with Crippen LogP contribution in [0.2, 0.25) is 0 Å². The van der Waals surface area contributed by atoms with Crippen LogP contribution < -0.4 is 0 Å². The molecule has 5 atom stereocenters. The van der Waals surface area contributed by atoms with Crippen molar-refractivity contribution in [1.29, 1.82) is 0 Å². The average molecular weight is 338 g/mol. The summed E-state index contributed by atoms with van der Waals surface area (Å²) in [5.41, 5.74) is 0. The summed E-state index contributed by atoms with van der Waals surface area (Å²) in [5, 5.41) is 55.2. The van der Waals surface area contributed by atoms with E-state index < -0.39 is 48.6 Å². The van der Waals surface area contributed by atoms with E-state index in [1.807, 2.05) is 0 Å². The van der Waals surface area contributed by atoms with Crippen LogP contribution >= 0.6 is 0 Å². The van der Waals surface area contributed by atoms with Gasteiger partial charge in [0.2, 0.25) is 0 Å². The fraction of sp³-hybridized carbons (Fsp3) is 0.846. The molecule has 0 aliphatic carbocycles. The first kappa shape index (κ1) is 19.7. The van der Waals surface area contributed by atoms with Gasteiger partial charge >= 0.3 is 11.9 Å². The van der Waals surface area contributed by atoms with E-state index in [2.05, 4.69) is 0 Å². The van der Waals surface area contributed by atoms with Crippen molar-refractivity contribution in [3.05, 3.63) is 0 Å². The van der Waals surface area contributed by atoms with E-state index in [1.54, 1.807) is 0 Å². The highest BCUT2D eigenvalue weighted by Gasteiger charge is 2.42. The molecule has 1 rings (SSSR count). The Kier molecular flexibility index (Phi) is 7.82. The zero-order valence-corrected chi connectivity index (χ0v) is 12.3. The predicted molar refractivity (Wildman–Crippen MR) is 72.3 cm³/mol. The standard InChI is InChI=1S/C13H22O10/c14-8-7(23-13(21)10(16)9(8)15)5-22-4-2-1-3-6(11(17)18)12(19)20/h6-10,13-16,21H,1-5H2,(H,17,18)(H,19,20)/t7-,8-,9+,10-,13?/m1/s1. The third-order valence-corrected chi connectivity index (χ3v) is 3.60. The second kappa shape index (κ2) is 9.11. The summed E-state index contributed by atoms with van der Waals surface area (Å²) >= 11 is 0. The number of rotatable bonds is 9. The van der Waals surface area contributed by atoms with E-state index in [1.165, 1.54) is 0 Å². The van der Waals surface area contributed by atoms with Gasteiger partial charge in [0.15, 0.2) is 12.2 Å². The molecule has 1 aliphatic rings. The molecule has 1 saturated heterocycles. The summed E-state index contributed by atoms with van der Waals surface area (Å²) in [6.07, 6.45) is -6.54. The summed E-state index contributed by atoms with van der Waals surface area (Å²) in [5.74, 6) is -4.23. The first-order valence-electron chi connectivity index (χ1n) is 7.16. The molecule has 1 heterocycles. The Morgan fingerprint density at radius 2 is 1.57 bits per heavy atom. The number of hydrogen-bond acceptors (Lipinski definition) is 8. The zero-order valence-electron chi connectivity index (χ0n) is 12.3. The Hall–Kier alpha value is -1.30. The van der Waals surface area contributed by atoms with Crippen LogP contribution in [0.5, 0.6) is 0 Å². The Balaban J connectivity index is 2.22. The van der Waals surface area contributed by atoms with Gasteiger partial charge in [0.25, 0.3) is 0 Å². The summed E-state index contributed by atoms with van der Waals surface area (Å²) in [6.45, 7) is 0.0105. The number of carbonyl (C=O) groups is 2. The molecule has 0 aromatic heterocycles. The van der Waals surface area contributed by atoms with Crippen molar-refractivity contribution in [3.8, 4) is 0 Å². The SMILES string of the molecule is O=C(O)C(CCCCOC[C@H]1OC(O)[C@H](O)[C@@H](O)[C@@H]1O)C(=O)O. The minimum atomic E-state index is -1.63. The van der Waals surface area contributed by atoms with Crippen molar-refractivity contribution in [2.24, 2.45) is 5.92 Å². The Bertz CT molecular complexity index is 386. The molecule has 1 aliphatic heterocycles. The van der Waals surface area contributed by atoms with Crippen LogP contribution in [-0.2, 0) is 19.1 Å². The number of aliphatic carboxylic acids is 2. The number of ether oxygens (including phenoxy) is 2. The monoisotopic (exact) mass is 338 g/mol. The molecule has 0 aromatic carbocycles. The number of hydrogen-bond donors (Lipinski definition) is 6. The van der Waals surface area contributed by atoms with E-state index in [0.29, 0.717) is 12.8 Å². The minimum absolute atomic E-state index is 0.0276. The first-order chi connectivity index (χ1) is 10.8. The van der Waals surface area contributed by atoms with Crippen LogP contribution in [-0.4, -0.2) is 86.5 Å². The third kappa shape index (κ3) is 5.68. The van der Waals surface area contributed by atoms with Crippen LogP contribution in [0.3, 0.4) is 0 Å². The molecule has 0 bridgehead atoms. The maximum atomic E-state index is 10.7. The molecule has 1 fully saturated rings. The molecular formula is C13H22O10. The molecule has 10 nitrogen and oxygen atoms in total.